The summed E-state index contributed by atoms with van der Waals surface area (Å²) >= 11 is 0. The zero-order chi connectivity index (χ0) is 19.4. The van der Waals surface area contributed by atoms with Gasteiger partial charge in [-0.2, -0.15) is 0 Å². The van der Waals surface area contributed by atoms with E-state index in [-0.39, 0.29) is 11.3 Å². The molecular weight excluding hydrogens is 352 g/mol. The summed E-state index contributed by atoms with van der Waals surface area (Å²) < 4.78 is 32.7. The van der Waals surface area contributed by atoms with Crippen molar-refractivity contribution in [2.24, 2.45) is 0 Å². The van der Waals surface area contributed by atoms with E-state index in [1.165, 1.54) is 25.3 Å². The molecule has 0 N–H and O–H groups in total. The molecule has 0 aromatic heterocycles. The summed E-state index contributed by atoms with van der Waals surface area (Å²) in [4.78, 5) is 18.8. The van der Waals surface area contributed by atoms with Gasteiger partial charge in [-0.1, -0.05) is 12.1 Å². The van der Waals surface area contributed by atoms with Crippen LogP contribution in [0.5, 0.6) is 0 Å². The predicted molar refractivity (Wildman–Crippen MR) is 97.9 cm³/mol. The first-order valence-electron chi connectivity index (χ1n) is 8.53. The fourth-order valence-electron chi connectivity index (χ4n) is 3.16. The molecule has 1 aliphatic heterocycles. The van der Waals surface area contributed by atoms with Crippen molar-refractivity contribution in [1.29, 1.82) is 0 Å². The molecule has 2 aromatic carbocycles. The van der Waals surface area contributed by atoms with Gasteiger partial charge in [0.1, 0.15) is 11.6 Å². The zero-order valence-electron chi connectivity index (χ0n) is 14.9. The van der Waals surface area contributed by atoms with Gasteiger partial charge >= 0.3 is 5.97 Å². The molecule has 1 saturated heterocycles. The SMILES string of the molecule is [C-]#[N+]c1ccc(N2CCN(Cc3ccc(C(=O)OC)c(F)c3)CC2)c(F)c1. The van der Waals surface area contributed by atoms with Crippen LogP contribution < -0.4 is 4.90 Å². The van der Waals surface area contributed by atoms with E-state index >= 15 is 0 Å². The van der Waals surface area contributed by atoms with E-state index in [9.17, 15) is 13.6 Å². The van der Waals surface area contributed by atoms with Gasteiger partial charge in [0.25, 0.3) is 0 Å². The summed E-state index contributed by atoms with van der Waals surface area (Å²) in [6.07, 6.45) is 0. The first-order chi connectivity index (χ1) is 13.0. The molecule has 0 saturated carbocycles. The van der Waals surface area contributed by atoms with E-state index in [2.05, 4.69) is 14.5 Å². The van der Waals surface area contributed by atoms with Crippen molar-refractivity contribution in [3.8, 4) is 0 Å². The number of esters is 1. The number of piperazine rings is 1. The highest BCUT2D eigenvalue weighted by atomic mass is 19.1. The molecule has 7 heteroatoms. The van der Waals surface area contributed by atoms with Gasteiger partial charge in [-0.15, -0.1) is 0 Å². The second-order valence-corrected chi connectivity index (χ2v) is 6.32. The smallest absolute Gasteiger partial charge is 0.340 e. The maximum absolute atomic E-state index is 14.2. The van der Waals surface area contributed by atoms with Crippen molar-refractivity contribution >= 4 is 17.3 Å². The van der Waals surface area contributed by atoms with Crippen LogP contribution in [-0.2, 0) is 11.3 Å². The van der Waals surface area contributed by atoms with Crippen LogP contribution in [0.2, 0.25) is 0 Å². The van der Waals surface area contributed by atoms with Crippen LogP contribution in [0.25, 0.3) is 4.85 Å². The Kier molecular flexibility index (Phi) is 5.67. The van der Waals surface area contributed by atoms with Crippen molar-refractivity contribution in [1.82, 2.24) is 4.90 Å². The molecule has 2 aromatic rings. The van der Waals surface area contributed by atoms with E-state index in [4.69, 9.17) is 6.57 Å². The lowest BCUT2D eigenvalue weighted by Crippen LogP contribution is -2.46. The van der Waals surface area contributed by atoms with E-state index < -0.39 is 17.6 Å². The number of nitrogens with zero attached hydrogens (tertiary/aromatic N) is 3. The highest BCUT2D eigenvalue weighted by Gasteiger charge is 2.20. The van der Waals surface area contributed by atoms with Gasteiger partial charge < -0.3 is 9.64 Å². The fraction of sp³-hybridized carbons (Fsp3) is 0.300. The third-order valence-electron chi connectivity index (χ3n) is 4.62. The summed E-state index contributed by atoms with van der Waals surface area (Å²) in [5, 5.41) is 0. The molecule has 1 fully saturated rings. The zero-order valence-corrected chi connectivity index (χ0v) is 14.9. The third kappa shape index (κ3) is 4.23. The van der Waals surface area contributed by atoms with Gasteiger partial charge in [-0.05, 0) is 29.8 Å². The normalized spacial score (nSPS) is 14.7. The van der Waals surface area contributed by atoms with Crippen LogP contribution in [0, 0.1) is 18.2 Å². The van der Waals surface area contributed by atoms with Crippen LogP contribution >= 0.6 is 0 Å². The number of hydrogen-bond donors (Lipinski definition) is 0. The Balaban J connectivity index is 1.61. The monoisotopic (exact) mass is 371 g/mol. The average Bonchev–Trinajstić information content (AvgIpc) is 2.68. The van der Waals surface area contributed by atoms with E-state index in [0.717, 1.165) is 5.56 Å². The van der Waals surface area contributed by atoms with E-state index in [1.54, 1.807) is 18.2 Å². The number of halogens is 2. The van der Waals surface area contributed by atoms with Crippen molar-refractivity contribution in [3.05, 3.63) is 70.6 Å². The first kappa shape index (κ1) is 18.8. The number of carbonyl (C=O) groups is 1. The molecule has 0 aliphatic carbocycles. The first-order valence-corrected chi connectivity index (χ1v) is 8.53. The predicted octanol–water partition coefficient (Wildman–Crippen LogP) is 3.62. The van der Waals surface area contributed by atoms with Gasteiger partial charge in [-0.3, -0.25) is 4.90 Å². The number of hydrogen-bond acceptors (Lipinski definition) is 4. The van der Waals surface area contributed by atoms with Crippen molar-refractivity contribution in [2.45, 2.75) is 6.54 Å². The molecule has 0 atom stereocenters. The Morgan fingerprint density at radius 1 is 1.11 bits per heavy atom. The summed E-state index contributed by atoms with van der Waals surface area (Å²) in [6.45, 7) is 10.2. The molecule has 0 spiro atoms. The molecule has 0 unspecified atom stereocenters. The second-order valence-electron chi connectivity index (χ2n) is 6.32. The largest absolute Gasteiger partial charge is 0.465 e. The van der Waals surface area contributed by atoms with Gasteiger partial charge in [0.15, 0.2) is 5.69 Å². The summed E-state index contributed by atoms with van der Waals surface area (Å²) in [5.41, 5.74) is 1.47. The highest BCUT2D eigenvalue weighted by molar-refractivity contribution is 5.89. The fourth-order valence-corrected chi connectivity index (χ4v) is 3.16. The summed E-state index contributed by atoms with van der Waals surface area (Å²) in [7, 11) is 1.22. The molecule has 0 radical (unpaired) electrons. The average molecular weight is 371 g/mol. The Hall–Kier alpha value is -2.98. The molecule has 0 amide bonds. The summed E-state index contributed by atoms with van der Waals surface area (Å²) in [6, 6.07) is 9.00. The minimum atomic E-state index is -0.695. The van der Waals surface area contributed by atoms with Crippen molar-refractivity contribution < 1.29 is 18.3 Å². The van der Waals surface area contributed by atoms with Crippen LogP contribution in [0.4, 0.5) is 20.2 Å². The Labute approximate surface area is 156 Å². The lowest BCUT2D eigenvalue weighted by atomic mass is 10.1. The Morgan fingerprint density at radius 3 is 2.44 bits per heavy atom. The topological polar surface area (TPSA) is 37.1 Å². The number of ether oxygens (including phenoxy) is 1. The van der Waals surface area contributed by atoms with Crippen LogP contribution in [0.1, 0.15) is 15.9 Å². The molecule has 5 nitrogen and oxygen atoms in total. The standard InChI is InChI=1S/C20H19F2N3O2/c1-23-15-4-6-19(18(22)12-15)25-9-7-24(8-10-25)13-14-3-5-16(17(21)11-14)20(26)27-2/h3-6,11-12H,7-10,13H2,2H3. The van der Waals surface area contributed by atoms with Gasteiger partial charge in [0.05, 0.1) is 24.9 Å². The number of carbonyl (C=O) groups excluding carboxylic acids is 1. The van der Waals surface area contributed by atoms with Gasteiger partial charge in [-0.25, -0.2) is 18.4 Å². The van der Waals surface area contributed by atoms with Crippen LogP contribution in [0.15, 0.2) is 36.4 Å². The van der Waals surface area contributed by atoms with E-state index in [0.29, 0.717) is 38.4 Å². The van der Waals surface area contributed by atoms with E-state index in [1.807, 2.05) is 4.90 Å². The maximum atomic E-state index is 14.2. The molecule has 1 heterocycles. The molecule has 27 heavy (non-hydrogen) atoms. The number of anilines is 1. The molecule has 3 rings (SSSR count). The van der Waals surface area contributed by atoms with Crippen LogP contribution in [0.3, 0.4) is 0 Å². The van der Waals surface area contributed by atoms with Gasteiger partial charge in [0.2, 0.25) is 0 Å². The third-order valence-corrected chi connectivity index (χ3v) is 4.62. The molecule has 1 aliphatic rings. The Morgan fingerprint density at radius 2 is 1.85 bits per heavy atom. The number of rotatable bonds is 4. The minimum Gasteiger partial charge on any atom is -0.465 e. The van der Waals surface area contributed by atoms with Crippen molar-refractivity contribution in [3.63, 3.8) is 0 Å². The number of methoxy groups -OCH3 is 1. The minimum absolute atomic E-state index is 0.0793. The summed E-state index contributed by atoms with van der Waals surface area (Å²) in [5.74, 6) is -1.68. The molecule has 0 bridgehead atoms. The molecular formula is C20H19F2N3O2. The maximum Gasteiger partial charge on any atom is 0.340 e. The lowest BCUT2D eigenvalue weighted by molar-refractivity contribution is 0.0595. The van der Waals surface area contributed by atoms with Crippen molar-refractivity contribution in [2.75, 3.05) is 38.2 Å². The number of benzene rings is 2. The quantitative estimate of drug-likeness (QED) is 0.608. The Bertz CT molecular complexity index is 887. The van der Waals surface area contributed by atoms with Crippen LogP contribution in [-0.4, -0.2) is 44.2 Å². The van der Waals surface area contributed by atoms with Gasteiger partial charge in [0, 0.05) is 32.7 Å². The second kappa shape index (κ2) is 8.14. The lowest BCUT2D eigenvalue weighted by Gasteiger charge is -2.36. The molecule has 140 valence electrons. The highest BCUT2D eigenvalue weighted by Crippen LogP contribution is 2.25.